The average molecular weight is 235 g/mol. The highest BCUT2D eigenvalue weighted by Gasteiger charge is 2.14. The van der Waals surface area contributed by atoms with Gasteiger partial charge < -0.3 is 20.6 Å². The Kier molecular flexibility index (Phi) is 2.63. The van der Waals surface area contributed by atoms with Crippen LogP contribution in [-0.4, -0.2) is 27.1 Å². The highest BCUT2D eigenvalue weighted by Crippen LogP contribution is 2.27. The Morgan fingerprint density at radius 3 is 2.82 bits per heavy atom. The number of carbonyl (C=O) groups is 1. The number of rotatable bonds is 3. The van der Waals surface area contributed by atoms with Crippen LogP contribution in [0.5, 0.6) is 5.75 Å². The van der Waals surface area contributed by atoms with E-state index in [9.17, 15) is 4.79 Å². The summed E-state index contributed by atoms with van der Waals surface area (Å²) in [5.41, 5.74) is 6.78. The first-order valence-corrected chi connectivity index (χ1v) is 5.16. The first kappa shape index (κ1) is 11.3. The van der Waals surface area contributed by atoms with E-state index in [0.29, 0.717) is 16.8 Å². The van der Waals surface area contributed by atoms with Crippen molar-refractivity contribution < 1.29 is 14.6 Å². The van der Waals surface area contributed by atoms with Crippen LogP contribution < -0.4 is 10.5 Å². The number of nitrogens with two attached hydrogens (primary N) is 1. The van der Waals surface area contributed by atoms with Crippen LogP contribution in [-0.2, 0) is 0 Å². The molecule has 6 heteroatoms. The van der Waals surface area contributed by atoms with Gasteiger partial charge in [0.05, 0.1) is 17.2 Å². The number of nitrogens with one attached hydrogen (secondary N) is 1. The third-order valence-corrected chi connectivity index (χ3v) is 2.18. The lowest BCUT2D eigenvalue weighted by molar-refractivity contribution is 0.0696. The predicted molar refractivity (Wildman–Crippen MR) is 63.2 cm³/mol. The van der Waals surface area contributed by atoms with Gasteiger partial charge in [-0.05, 0) is 26.0 Å². The molecule has 17 heavy (non-hydrogen) atoms. The van der Waals surface area contributed by atoms with Crippen molar-refractivity contribution in [3.8, 4) is 5.75 Å². The fraction of sp³-hybridized carbons (Fsp3) is 0.273. The Balaban J connectivity index is 2.64. The zero-order valence-corrected chi connectivity index (χ0v) is 9.52. The zero-order chi connectivity index (χ0) is 12.6. The van der Waals surface area contributed by atoms with Gasteiger partial charge in [-0.15, -0.1) is 0 Å². The smallest absolute Gasteiger partial charge is 0.335 e. The maximum atomic E-state index is 11.0. The van der Waals surface area contributed by atoms with Crippen molar-refractivity contribution >= 4 is 23.0 Å². The van der Waals surface area contributed by atoms with Crippen LogP contribution in [0.25, 0.3) is 11.0 Å². The van der Waals surface area contributed by atoms with Gasteiger partial charge in [-0.3, -0.25) is 0 Å². The third kappa shape index (κ3) is 2.15. The van der Waals surface area contributed by atoms with Crippen LogP contribution in [0.4, 0.5) is 5.95 Å². The normalized spacial score (nSPS) is 11.0. The monoisotopic (exact) mass is 235 g/mol. The molecule has 4 N–H and O–H groups in total. The van der Waals surface area contributed by atoms with Gasteiger partial charge in [-0.1, -0.05) is 0 Å². The molecule has 0 saturated heterocycles. The van der Waals surface area contributed by atoms with E-state index in [1.807, 2.05) is 13.8 Å². The average Bonchev–Trinajstić information content (AvgIpc) is 2.57. The molecule has 0 bridgehead atoms. The van der Waals surface area contributed by atoms with E-state index in [0.717, 1.165) is 0 Å². The number of aromatic nitrogens is 2. The molecule has 0 fully saturated rings. The molecule has 0 aliphatic heterocycles. The van der Waals surface area contributed by atoms with E-state index in [2.05, 4.69) is 9.97 Å². The maximum absolute atomic E-state index is 11.0. The second kappa shape index (κ2) is 3.97. The first-order valence-electron chi connectivity index (χ1n) is 5.16. The molecule has 2 aromatic rings. The number of aromatic carboxylic acids is 1. The van der Waals surface area contributed by atoms with E-state index in [-0.39, 0.29) is 17.6 Å². The number of hydrogen-bond acceptors (Lipinski definition) is 4. The highest BCUT2D eigenvalue weighted by molar-refractivity contribution is 5.95. The van der Waals surface area contributed by atoms with E-state index in [1.54, 1.807) is 0 Å². The number of carboxylic acids is 1. The maximum Gasteiger partial charge on any atom is 0.335 e. The number of H-pyrrole nitrogens is 1. The predicted octanol–water partition coefficient (Wildman–Crippen LogP) is 1.63. The molecule has 1 heterocycles. The summed E-state index contributed by atoms with van der Waals surface area (Å²) < 4.78 is 5.53. The Bertz CT molecular complexity index is 575. The fourth-order valence-electron chi connectivity index (χ4n) is 1.57. The number of hydrogen-bond donors (Lipinski definition) is 3. The highest BCUT2D eigenvalue weighted by atomic mass is 16.5. The molecule has 0 unspecified atom stereocenters. The van der Waals surface area contributed by atoms with Gasteiger partial charge >= 0.3 is 5.97 Å². The summed E-state index contributed by atoms with van der Waals surface area (Å²) in [6, 6.07) is 2.93. The lowest BCUT2D eigenvalue weighted by atomic mass is 10.2. The van der Waals surface area contributed by atoms with E-state index in [4.69, 9.17) is 15.6 Å². The van der Waals surface area contributed by atoms with Crippen LogP contribution in [0.1, 0.15) is 24.2 Å². The minimum atomic E-state index is -1.02. The lowest BCUT2D eigenvalue weighted by Gasteiger charge is -2.10. The molecule has 6 nitrogen and oxygen atoms in total. The Hall–Kier alpha value is -2.24. The number of imidazole rings is 1. The Morgan fingerprint density at radius 1 is 1.53 bits per heavy atom. The molecule has 0 radical (unpaired) electrons. The zero-order valence-electron chi connectivity index (χ0n) is 9.52. The van der Waals surface area contributed by atoms with Gasteiger partial charge in [0, 0.05) is 0 Å². The topological polar surface area (TPSA) is 101 Å². The standard InChI is InChI=1S/C11H13N3O3/c1-5(2)17-8-4-6(10(15)16)3-7-9(8)14-11(12)13-7/h3-5H,1-2H3,(H,15,16)(H3,12,13,14). The number of aromatic amines is 1. The van der Waals surface area contributed by atoms with E-state index >= 15 is 0 Å². The Labute approximate surface area is 97.4 Å². The van der Waals surface area contributed by atoms with Gasteiger partial charge in [-0.25, -0.2) is 9.78 Å². The van der Waals surface area contributed by atoms with Crippen molar-refractivity contribution in [1.29, 1.82) is 0 Å². The molecule has 0 amide bonds. The minimum Gasteiger partial charge on any atom is -0.489 e. The van der Waals surface area contributed by atoms with Crippen LogP contribution in [0.15, 0.2) is 12.1 Å². The summed E-state index contributed by atoms with van der Waals surface area (Å²) in [5, 5.41) is 8.99. The number of ether oxygens (including phenoxy) is 1. The SMILES string of the molecule is CC(C)Oc1cc(C(=O)O)cc2[nH]c(N)nc12. The quantitative estimate of drug-likeness (QED) is 0.750. The molecule has 1 aromatic carbocycles. The molecular weight excluding hydrogens is 222 g/mol. The van der Waals surface area contributed by atoms with Gasteiger partial charge in [0.1, 0.15) is 11.3 Å². The van der Waals surface area contributed by atoms with Gasteiger partial charge in [0.15, 0.2) is 5.95 Å². The minimum absolute atomic E-state index is 0.0693. The summed E-state index contributed by atoms with van der Waals surface area (Å²) >= 11 is 0. The van der Waals surface area contributed by atoms with Crippen LogP contribution >= 0.6 is 0 Å². The lowest BCUT2D eigenvalue weighted by Crippen LogP contribution is -2.07. The van der Waals surface area contributed by atoms with Gasteiger partial charge in [0.2, 0.25) is 0 Å². The molecule has 90 valence electrons. The number of nitrogen functional groups attached to an aromatic ring is 1. The van der Waals surface area contributed by atoms with Crippen molar-refractivity contribution in [2.24, 2.45) is 0 Å². The second-order valence-electron chi connectivity index (χ2n) is 3.96. The van der Waals surface area contributed by atoms with Crippen LogP contribution in [0.3, 0.4) is 0 Å². The molecule has 0 atom stereocenters. The summed E-state index contributed by atoms with van der Waals surface area (Å²) in [6.07, 6.45) is -0.0693. The van der Waals surface area contributed by atoms with Crippen molar-refractivity contribution in [1.82, 2.24) is 9.97 Å². The van der Waals surface area contributed by atoms with E-state index < -0.39 is 5.97 Å². The number of anilines is 1. The summed E-state index contributed by atoms with van der Waals surface area (Å²) in [7, 11) is 0. The number of benzene rings is 1. The summed E-state index contributed by atoms with van der Waals surface area (Å²) in [4.78, 5) is 17.8. The van der Waals surface area contributed by atoms with Gasteiger partial charge in [-0.2, -0.15) is 0 Å². The molecule has 2 rings (SSSR count). The third-order valence-electron chi connectivity index (χ3n) is 2.18. The Morgan fingerprint density at radius 2 is 2.24 bits per heavy atom. The van der Waals surface area contributed by atoms with Crippen LogP contribution in [0, 0.1) is 0 Å². The van der Waals surface area contributed by atoms with Crippen molar-refractivity contribution in [3.05, 3.63) is 17.7 Å². The molecule has 0 spiro atoms. The second-order valence-corrected chi connectivity index (χ2v) is 3.96. The van der Waals surface area contributed by atoms with Crippen molar-refractivity contribution in [2.45, 2.75) is 20.0 Å². The van der Waals surface area contributed by atoms with Crippen molar-refractivity contribution in [3.63, 3.8) is 0 Å². The fourth-order valence-corrected chi connectivity index (χ4v) is 1.57. The molecule has 0 aliphatic rings. The van der Waals surface area contributed by atoms with E-state index in [1.165, 1.54) is 12.1 Å². The summed E-state index contributed by atoms with van der Waals surface area (Å²) in [5.74, 6) is -0.368. The largest absolute Gasteiger partial charge is 0.489 e. The van der Waals surface area contributed by atoms with Gasteiger partial charge in [0.25, 0.3) is 0 Å². The van der Waals surface area contributed by atoms with Crippen LogP contribution in [0.2, 0.25) is 0 Å². The summed E-state index contributed by atoms with van der Waals surface area (Å²) in [6.45, 7) is 3.71. The molecular formula is C11H13N3O3. The van der Waals surface area contributed by atoms with Crippen molar-refractivity contribution in [2.75, 3.05) is 5.73 Å². The number of fused-ring (bicyclic) bond motifs is 1. The number of nitrogens with zero attached hydrogens (tertiary/aromatic N) is 1. The molecule has 0 saturated carbocycles. The molecule has 1 aromatic heterocycles. The molecule has 0 aliphatic carbocycles. The number of carboxylic acid groups (broad SMARTS) is 1. The first-order chi connectivity index (χ1) is 7.97.